The Hall–Kier alpha value is -4.78. The zero-order valence-electron chi connectivity index (χ0n) is 19.7. The van der Waals surface area contributed by atoms with Crippen molar-refractivity contribution in [3.05, 3.63) is 113 Å². The van der Waals surface area contributed by atoms with Gasteiger partial charge in [-0.3, -0.25) is 0 Å². The highest BCUT2D eigenvalue weighted by atomic mass is 16.5. The van der Waals surface area contributed by atoms with Gasteiger partial charge in [-0.25, -0.2) is 9.59 Å². The van der Waals surface area contributed by atoms with E-state index in [1.165, 1.54) is 0 Å². The molecule has 0 aromatic heterocycles. The van der Waals surface area contributed by atoms with Gasteiger partial charge < -0.3 is 24.6 Å². The largest absolute Gasteiger partial charge is 0.482 e. The van der Waals surface area contributed by atoms with Crippen LogP contribution in [0.2, 0.25) is 0 Å². The smallest absolute Gasteiger partial charge is 0.407 e. The summed E-state index contributed by atoms with van der Waals surface area (Å²) >= 11 is 0. The zero-order valence-corrected chi connectivity index (χ0v) is 19.7. The highest BCUT2D eigenvalue weighted by Gasteiger charge is 2.32. The Labute approximate surface area is 213 Å². The molecule has 1 heterocycles. The summed E-state index contributed by atoms with van der Waals surface area (Å²) in [4.78, 5) is 24.1. The van der Waals surface area contributed by atoms with Crippen LogP contribution in [0.4, 0.5) is 4.79 Å². The summed E-state index contributed by atoms with van der Waals surface area (Å²) in [5, 5.41) is 11.9. The molecule has 0 fully saturated rings. The number of carboxylic acid groups (broad SMARTS) is 1. The third-order valence-corrected chi connectivity index (χ3v) is 6.71. The van der Waals surface area contributed by atoms with E-state index in [0.29, 0.717) is 22.8 Å². The van der Waals surface area contributed by atoms with Gasteiger partial charge in [-0.1, -0.05) is 66.7 Å². The molecule has 0 bridgehead atoms. The summed E-state index contributed by atoms with van der Waals surface area (Å²) in [6, 6.07) is 28.2. The Morgan fingerprint density at radius 3 is 2.11 bits per heavy atom. The average Bonchev–Trinajstić information content (AvgIpc) is 3.24. The average molecular weight is 494 g/mol. The van der Waals surface area contributed by atoms with E-state index in [1.54, 1.807) is 18.2 Å². The second kappa shape index (κ2) is 9.35. The van der Waals surface area contributed by atoms with Crippen molar-refractivity contribution in [2.45, 2.75) is 12.0 Å². The molecule has 1 atom stereocenters. The van der Waals surface area contributed by atoms with Crippen LogP contribution in [0.25, 0.3) is 11.1 Å². The fourth-order valence-corrected chi connectivity index (χ4v) is 5.09. The molecule has 4 aromatic rings. The van der Waals surface area contributed by atoms with Crippen molar-refractivity contribution in [3.63, 3.8) is 0 Å². The Morgan fingerprint density at radius 1 is 0.784 bits per heavy atom. The molecule has 2 aliphatic rings. The number of para-hydroxylation sites is 1. The number of rotatable bonds is 6. The molecule has 7 heteroatoms. The third kappa shape index (κ3) is 4.25. The number of carbonyl (C=O) groups excluding carboxylic acids is 1. The summed E-state index contributed by atoms with van der Waals surface area (Å²) in [6.07, 6.45) is -0.564. The van der Waals surface area contributed by atoms with Crippen molar-refractivity contribution in [3.8, 4) is 28.4 Å². The number of ether oxygens (including phenoxy) is 3. The van der Waals surface area contributed by atoms with Crippen molar-refractivity contribution in [2.24, 2.45) is 0 Å². The highest BCUT2D eigenvalue weighted by Crippen LogP contribution is 2.46. The molecule has 1 unspecified atom stereocenters. The van der Waals surface area contributed by atoms with Crippen molar-refractivity contribution in [2.75, 3.05) is 13.2 Å². The number of amides is 1. The summed E-state index contributed by atoms with van der Waals surface area (Å²) in [5.74, 6) is 0.406. The molecule has 0 spiro atoms. The molecule has 1 aliphatic heterocycles. The first-order valence-corrected chi connectivity index (χ1v) is 12.0. The lowest BCUT2D eigenvalue weighted by atomic mass is 9.94. The molecule has 184 valence electrons. The molecule has 6 rings (SSSR count). The van der Waals surface area contributed by atoms with Crippen LogP contribution in [0.1, 0.15) is 34.2 Å². The molecular weight excluding hydrogens is 470 g/mol. The van der Waals surface area contributed by atoms with Gasteiger partial charge in [0.1, 0.15) is 23.9 Å². The maximum atomic E-state index is 13.1. The molecule has 4 aromatic carbocycles. The van der Waals surface area contributed by atoms with E-state index in [4.69, 9.17) is 19.3 Å². The van der Waals surface area contributed by atoms with E-state index in [0.717, 1.165) is 27.8 Å². The number of alkyl carbamates (subject to hydrolysis) is 1. The van der Waals surface area contributed by atoms with E-state index in [2.05, 4.69) is 29.6 Å². The topological polar surface area (TPSA) is 94.1 Å². The Bertz CT molecular complexity index is 1470. The molecule has 0 saturated carbocycles. The van der Waals surface area contributed by atoms with Gasteiger partial charge in [0.05, 0.1) is 6.04 Å². The van der Waals surface area contributed by atoms with E-state index in [9.17, 15) is 9.59 Å². The van der Waals surface area contributed by atoms with Crippen LogP contribution in [0.15, 0.2) is 91.0 Å². The van der Waals surface area contributed by atoms with Crippen LogP contribution in [0.3, 0.4) is 0 Å². The number of hydrogen-bond acceptors (Lipinski definition) is 5. The predicted octanol–water partition coefficient (Wildman–Crippen LogP) is 5.88. The summed E-state index contributed by atoms with van der Waals surface area (Å²) < 4.78 is 17.2. The van der Waals surface area contributed by atoms with E-state index in [1.807, 2.05) is 48.5 Å². The fraction of sp³-hybridized carbons (Fsp3) is 0.133. The number of fused-ring (bicyclic) bond motifs is 5. The van der Waals surface area contributed by atoms with Gasteiger partial charge in [-0.2, -0.15) is 0 Å². The van der Waals surface area contributed by atoms with Crippen LogP contribution >= 0.6 is 0 Å². The second-order valence-corrected chi connectivity index (χ2v) is 8.92. The van der Waals surface area contributed by atoms with Crippen molar-refractivity contribution in [1.82, 2.24) is 5.32 Å². The number of aliphatic carboxylic acids is 1. The molecule has 1 aliphatic carbocycles. The van der Waals surface area contributed by atoms with E-state index in [-0.39, 0.29) is 12.5 Å². The Balaban J connectivity index is 1.24. The number of carbonyl (C=O) groups is 2. The molecule has 1 amide bonds. The van der Waals surface area contributed by atoms with Crippen LogP contribution in [-0.4, -0.2) is 30.4 Å². The van der Waals surface area contributed by atoms with Gasteiger partial charge in [0.25, 0.3) is 0 Å². The SMILES string of the molecule is O=C(O)COc1ccc2c(c1)C(NC(=O)OCC1c3ccccc3-c3ccccc31)c1ccccc1O2. The first-order chi connectivity index (χ1) is 18.1. The molecule has 0 radical (unpaired) electrons. The van der Waals surface area contributed by atoms with Gasteiger partial charge in [0, 0.05) is 17.0 Å². The minimum Gasteiger partial charge on any atom is -0.482 e. The lowest BCUT2D eigenvalue weighted by Gasteiger charge is -2.29. The second-order valence-electron chi connectivity index (χ2n) is 8.92. The molecule has 7 nitrogen and oxygen atoms in total. The summed E-state index contributed by atoms with van der Waals surface area (Å²) in [6.45, 7) is -0.278. The maximum absolute atomic E-state index is 13.1. The molecule has 37 heavy (non-hydrogen) atoms. The van der Waals surface area contributed by atoms with Crippen molar-refractivity contribution in [1.29, 1.82) is 0 Å². The maximum Gasteiger partial charge on any atom is 0.407 e. The Morgan fingerprint density at radius 2 is 1.41 bits per heavy atom. The fourth-order valence-electron chi connectivity index (χ4n) is 5.09. The van der Waals surface area contributed by atoms with Crippen LogP contribution in [0.5, 0.6) is 17.2 Å². The van der Waals surface area contributed by atoms with E-state index < -0.39 is 24.7 Å². The number of carboxylic acids is 1. The minimum absolute atomic E-state index is 0.0524. The van der Waals surface area contributed by atoms with Gasteiger partial charge in [-0.05, 0) is 46.5 Å². The van der Waals surface area contributed by atoms with Gasteiger partial charge in [0.15, 0.2) is 6.61 Å². The standard InChI is InChI=1S/C30H23NO6/c32-28(33)17-35-18-13-14-27-24(15-18)29(23-11-5-6-12-26(23)37-27)31-30(34)36-16-25-21-9-3-1-7-19(21)20-8-2-4-10-22(20)25/h1-15,25,29H,16-17H2,(H,31,34)(H,32,33). The summed E-state index contributed by atoms with van der Waals surface area (Å²) in [5.41, 5.74) is 6.01. The quantitative estimate of drug-likeness (QED) is 0.348. The van der Waals surface area contributed by atoms with Crippen LogP contribution in [-0.2, 0) is 9.53 Å². The van der Waals surface area contributed by atoms with E-state index >= 15 is 0 Å². The summed E-state index contributed by atoms with van der Waals surface area (Å²) in [7, 11) is 0. The Kier molecular flexibility index (Phi) is 5.73. The third-order valence-electron chi connectivity index (χ3n) is 6.71. The van der Waals surface area contributed by atoms with Gasteiger partial charge in [0.2, 0.25) is 0 Å². The minimum atomic E-state index is -1.08. The lowest BCUT2D eigenvalue weighted by molar-refractivity contribution is -0.139. The van der Waals surface area contributed by atoms with Crippen LogP contribution in [0, 0.1) is 0 Å². The molecular formula is C30H23NO6. The first kappa shape index (κ1) is 22.7. The molecule has 2 N–H and O–H groups in total. The number of benzene rings is 4. The first-order valence-electron chi connectivity index (χ1n) is 12.0. The normalized spacial score (nSPS) is 14.9. The lowest BCUT2D eigenvalue weighted by Crippen LogP contribution is -2.32. The van der Waals surface area contributed by atoms with Crippen LogP contribution < -0.4 is 14.8 Å². The van der Waals surface area contributed by atoms with Crippen molar-refractivity contribution < 1.29 is 28.9 Å². The predicted molar refractivity (Wildman–Crippen MR) is 136 cm³/mol. The van der Waals surface area contributed by atoms with Gasteiger partial charge in [-0.15, -0.1) is 0 Å². The number of nitrogens with one attached hydrogen (secondary N) is 1. The molecule has 0 saturated heterocycles. The zero-order chi connectivity index (χ0) is 25.4. The monoisotopic (exact) mass is 493 g/mol. The number of hydrogen-bond donors (Lipinski definition) is 2. The van der Waals surface area contributed by atoms with Crippen molar-refractivity contribution >= 4 is 12.1 Å². The van der Waals surface area contributed by atoms with Gasteiger partial charge >= 0.3 is 12.1 Å². The highest BCUT2D eigenvalue weighted by molar-refractivity contribution is 5.79.